The van der Waals surface area contributed by atoms with Crippen LogP contribution in [0.25, 0.3) is 10.1 Å². The molecule has 136 valence electrons. The first-order valence-corrected chi connectivity index (χ1v) is 9.21. The minimum Gasteiger partial charge on any atom is -0.508 e. The Bertz CT molecular complexity index is 944. The van der Waals surface area contributed by atoms with Crippen LogP contribution in [0.5, 0.6) is 5.75 Å². The maximum absolute atomic E-state index is 12.0. The van der Waals surface area contributed by atoms with Crippen molar-refractivity contribution >= 4 is 39.0 Å². The molecule has 1 unspecified atom stereocenters. The van der Waals surface area contributed by atoms with Crippen LogP contribution in [0.4, 0.5) is 0 Å². The first-order valence-electron chi connectivity index (χ1n) is 7.96. The quantitative estimate of drug-likeness (QED) is 0.494. The number of aryl methyl sites for hydroxylation is 1. The van der Waals surface area contributed by atoms with Crippen molar-refractivity contribution in [1.82, 2.24) is 9.97 Å². The number of carbonyl (C=O) groups excluding carboxylic acids is 1. The molecule has 0 aliphatic rings. The number of thiophene rings is 1. The molecule has 2 heterocycles. The molecular formula is C18H17ClN2O4S. The number of halogens is 1. The molecule has 8 heteroatoms. The molecule has 6 nitrogen and oxygen atoms in total. The average molecular weight is 393 g/mol. The smallest absolute Gasteiger partial charge is 0.335 e. The maximum atomic E-state index is 12.0. The second kappa shape index (κ2) is 7.99. The number of aromatic hydroxyl groups is 1. The van der Waals surface area contributed by atoms with Crippen LogP contribution in [0, 0.1) is 6.92 Å². The molecule has 2 aromatic heterocycles. The molecule has 1 aromatic carbocycles. The molecule has 26 heavy (non-hydrogen) atoms. The summed E-state index contributed by atoms with van der Waals surface area (Å²) in [6.45, 7) is 1.86. The molecule has 3 aromatic rings. The number of ether oxygens (including phenoxy) is 1. The number of esters is 1. The number of phenolic OH excluding ortho intramolecular Hbond substituents is 1. The van der Waals surface area contributed by atoms with E-state index in [1.807, 2.05) is 11.4 Å². The molecule has 2 N–H and O–H groups in total. The van der Waals surface area contributed by atoms with E-state index in [1.54, 1.807) is 19.1 Å². The molecule has 1 atom stereocenters. The minimum absolute atomic E-state index is 0.00138. The van der Waals surface area contributed by atoms with E-state index in [4.69, 9.17) is 16.3 Å². The van der Waals surface area contributed by atoms with Gasteiger partial charge in [0.2, 0.25) is 0 Å². The topological polar surface area (TPSA) is 92.5 Å². The normalized spacial score (nSPS) is 12.3. The Balaban J connectivity index is 1.54. The molecule has 0 aliphatic heterocycles. The van der Waals surface area contributed by atoms with Gasteiger partial charge >= 0.3 is 5.97 Å². The van der Waals surface area contributed by atoms with Gasteiger partial charge in [0.15, 0.2) is 6.10 Å². The fraction of sp³-hybridized carbons (Fsp3) is 0.278. The molecule has 0 saturated carbocycles. The summed E-state index contributed by atoms with van der Waals surface area (Å²) >= 11 is 7.51. The lowest BCUT2D eigenvalue weighted by Crippen LogP contribution is -2.26. The first kappa shape index (κ1) is 18.6. The lowest BCUT2D eigenvalue weighted by Gasteiger charge is -2.11. The summed E-state index contributed by atoms with van der Waals surface area (Å²) < 4.78 is 6.14. The zero-order chi connectivity index (χ0) is 18.7. The summed E-state index contributed by atoms with van der Waals surface area (Å²) in [5.74, 6) is 0.0325. The molecule has 0 bridgehead atoms. The van der Waals surface area contributed by atoms with Gasteiger partial charge in [-0.2, -0.15) is 0 Å². The highest BCUT2D eigenvalue weighted by atomic mass is 35.5. The standard InChI is InChI=1S/C18H17ClN2O4S/c1-10-20-8-12(17(19)21-10)6-15(23)18(24)25-5-4-11-9-26-16-7-13(22)2-3-14(11)16/h2-3,7-9,15,22-23H,4-6H2,1H3. The predicted molar refractivity (Wildman–Crippen MR) is 99.6 cm³/mol. The van der Waals surface area contributed by atoms with Crippen LogP contribution in [-0.2, 0) is 22.4 Å². The molecule has 0 saturated heterocycles. The summed E-state index contributed by atoms with van der Waals surface area (Å²) in [4.78, 5) is 20.0. The lowest BCUT2D eigenvalue weighted by atomic mass is 10.1. The van der Waals surface area contributed by atoms with Crippen molar-refractivity contribution in [2.45, 2.75) is 25.9 Å². The van der Waals surface area contributed by atoms with Crippen LogP contribution < -0.4 is 0 Å². The van der Waals surface area contributed by atoms with E-state index in [0.29, 0.717) is 17.8 Å². The SMILES string of the molecule is Cc1ncc(CC(O)C(=O)OCCc2csc3cc(O)ccc23)c(Cl)n1. The Morgan fingerprint density at radius 1 is 1.38 bits per heavy atom. The average Bonchev–Trinajstić information content (AvgIpc) is 2.99. The fourth-order valence-electron chi connectivity index (χ4n) is 2.52. The number of rotatable bonds is 6. The van der Waals surface area contributed by atoms with Crippen molar-refractivity contribution in [2.75, 3.05) is 6.61 Å². The Hall–Kier alpha value is -2.22. The van der Waals surface area contributed by atoms with Crippen LogP contribution in [0.15, 0.2) is 29.8 Å². The number of aliphatic hydroxyl groups excluding tert-OH is 1. The third-order valence-electron chi connectivity index (χ3n) is 3.87. The van der Waals surface area contributed by atoms with Gasteiger partial charge in [0.05, 0.1) is 6.61 Å². The number of hydrogen-bond donors (Lipinski definition) is 2. The monoisotopic (exact) mass is 392 g/mol. The number of aliphatic hydroxyl groups is 1. The van der Waals surface area contributed by atoms with E-state index in [1.165, 1.54) is 17.5 Å². The lowest BCUT2D eigenvalue weighted by molar-refractivity contribution is -0.153. The van der Waals surface area contributed by atoms with Crippen molar-refractivity contribution in [3.63, 3.8) is 0 Å². The summed E-state index contributed by atoms with van der Waals surface area (Å²) in [7, 11) is 0. The van der Waals surface area contributed by atoms with E-state index < -0.39 is 12.1 Å². The molecule has 0 fully saturated rings. The largest absolute Gasteiger partial charge is 0.508 e. The van der Waals surface area contributed by atoms with E-state index >= 15 is 0 Å². The van der Waals surface area contributed by atoms with Crippen molar-refractivity contribution in [1.29, 1.82) is 0 Å². The number of carbonyl (C=O) groups is 1. The van der Waals surface area contributed by atoms with Crippen LogP contribution in [0.1, 0.15) is 17.0 Å². The van der Waals surface area contributed by atoms with Crippen LogP contribution >= 0.6 is 22.9 Å². The van der Waals surface area contributed by atoms with Gasteiger partial charge in [0.1, 0.15) is 16.7 Å². The number of aromatic nitrogens is 2. The van der Waals surface area contributed by atoms with Gasteiger partial charge in [-0.25, -0.2) is 14.8 Å². The highest BCUT2D eigenvalue weighted by Gasteiger charge is 2.19. The second-order valence-electron chi connectivity index (χ2n) is 5.81. The third-order valence-corrected chi connectivity index (χ3v) is 5.19. The Labute approximate surface area is 159 Å². The van der Waals surface area contributed by atoms with E-state index in [0.717, 1.165) is 15.6 Å². The van der Waals surface area contributed by atoms with Gasteiger partial charge < -0.3 is 14.9 Å². The summed E-state index contributed by atoms with van der Waals surface area (Å²) in [6, 6.07) is 5.17. The molecular weight excluding hydrogens is 376 g/mol. The Kier molecular flexibility index (Phi) is 5.70. The zero-order valence-corrected chi connectivity index (χ0v) is 15.5. The minimum atomic E-state index is -1.32. The number of hydrogen-bond acceptors (Lipinski definition) is 7. The van der Waals surface area contributed by atoms with E-state index in [2.05, 4.69) is 9.97 Å². The molecule has 0 aliphatic carbocycles. The number of nitrogens with zero attached hydrogens (tertiary/aromatic N) is 2. The maximum Gasteiger partial charge on any atom is 0.335 e. The van der Waals surface area contributed by atoms with Gasteiger partial charge in [-0.15, -0.1) is 11.3 Å². The molecule has 3 rings (SSSR count). The van der Waals surface area contributed by atoms with Gasteiger partial charge in [0.25, 0.3) is 0 Å². The van der Waals surface area contributed by atoms with Gasteiger partial charge in [-0.05, 0) is 41.5 Å². The van der Waals surface area contributed by atoms with E-state index in [-0.39, 0.29) is 23.9 Å². The molecule has 0 amide bonds. The van der Waals surface area contributed by atoms with Gasteiger partial charge in [-0.3, -0.25) is 0 Å². The van der Waals surface area contributed by atoms with Gasteiger partial charge in [-0.1, -0.05) is 11.6 Å². The summed E-state index contributed by atoms with van der Waals surface area (Å²) in [5, 5.41) is 22.7. The molecule has 0 radical (unpaired) electrons. The fourth-order valence-corrected chi connectivity index (χ4v) is 3.80. The Morgan fingerprint density at radius 2 is 2.19 bits per heavy atom. The Morgan fingerprint density at radius 3 is 2.96 bits per heavy atom. The number of benzene rings is 1. The van der Waals surface area contributed by atoms with Crippen molar-refractivity contribution < 1.29 is 19.7 Å². The van der Waals surface area contributed by atoms with Crippen molar-refractivity contribution in [3.05, 3.63) is 51.9 Å². The van der Waals surface area contributed by atoms with Gasteiger partial charge in [0, 0.05) is 29.3 Å². The first-order chi connectivity index (χ1) is 12.4. The molecule has 0 spiro atoms. The zero-order valence-electron chi connectivity index (χ0n) is 14.0. The highest BCUT2D eigenvalue weighted by Crippen LogP contribution is 2.29. The predicted octanol–water partition coefficient (Wildman–Crippen LogP) is 3.05. The van der Waals surface area contributed by atoms with Crippen LogP contribution in [0.3, 0.4) is 0 Å². The third kappa shape index (κ3) is 4.30. The van der Waals surface area contributed by atoms with Crippen LogP contribution in [-0.4, -0.2) is 38.9 Å². The summed E-state index contributed by atoms with van der Waals surface area (Å²) in [6.07, 6.45) is 0.694. The van der Waals surface area contributed by atoms with Crippen LogP contribution in [0.2, 0.25) is 5.15 Å². The van der Waals surface area contributed by atoms with E-state index in [9.17, 15) is 15.0 Å². The van der Waals surface area contributed by atoms with Crippen molar-refractivity contribution in [2.24, 2.45) is 0 Å². The second-order valence-corrected chi connectivity index (χ2v) is 7.08. The van der Waals surface area contributed by atoms with Crippen molar-refractivity contribution in [3.8, 4) is 5.75 Å². The highest BCUT2D eigenvalue weighted by molar-refractivity contribution is 7.17. The number of fused-ring (bicyclic) bond motifs is 1. The summed E-state index contributed by atoms with van der Waals surface area (Å²) in [5.41, 5.74) is 1.52. The number of phenols is 1.